The van der Waals surface area contributed by atoms with Crippen LogP contribution in [0.1, 0.15) is 18.4 Å². The monoisotopic (exact) mass is 420 g/mol. The molecule has 2 aromatic carbocycles. The van der Waals surface area contributed by atoms with E-state index in [1.807, 2.05) is 66.7 Å². The second-order valence-electron chi connectivity index (χ2n) is 7.59. The molecular formula is C24H25ClN4O. The number of piperidine rings is 1. The van der Waals surface area contributed by atoms with Gasteiger partial charge in [0.25, 0.3) is 0 Å². The van der Waals surface area contributed by atoms with E-state index in [-0.39, 0.29) is 11.8 Å². The molecule has 154 valence electrons. The molecule has 0 saturated carbocycles. The molecule has 1 aliphatic heterocycles. The minimum absolute atomic E-state index is 0.0222. The Morgan fingerprint density at radius 2 is 1.93 bits per heavy atom. The van der Waals surface area contributed by atoms with Crippen LogP contribution in [0.3, 0.4) is 0 Å². The van der Waals surface area contributed by atoms with Crippen LogP contribution in [0.25, 0.3) is 17.3 Å². The fourth-order valence-corrected chi connectivity index (χ4v) is 4.06. The van der Waals surface area contributed by atoms with E-state index in [4.69, 9.17) is 11.6 Å². The largest absolute Gasteiger partial charge is 0.326 e. The van der Waals surface area contributed by atoms with Crippen molar-refractivity contribution in [3.63, 3.8) is 0 Å². The van der Waals surface area contributed by atoms with E-state index in [0.29, 0.717) is 0 Å². The molecule has 5 nitrogen and oxygen atoms in total. The van der Waals surface area contributed by atoms with Crippen LogP contribution in [-0.2, 0) is 4.79 Å². The third-order valence-electron chi connectivity index (χ3n) is 5.40. The van der Waals surface area contributed by atoms with Gasteiger partial charge in [0.05, 0.1) is 5.69 Å². The summed E-state index contributed by atoms with van der Waals surface area (Å²) in [6.07, 6.45) is 5.39. The normalized spacial score (nSPS) is 15.8. The molecule has 0 spiro atoms. The molecule has 0 bridgehead atoms. The van der Waals surface area contributed by atoms with E-state index in [1.54, 1.807) is 6.20 Å². The Morgan fingerprint density at radius 3 is 2.67 bits per heavy atom. The minimum atomic E-state index is 0.0222. The first kappa shape index (κ1) is 20.4. The van der Waals surface area contributed by atoms with E-state index in [2.05, 4.69) is 20.4 Å². The zero-order chi connectivity index (χ0) is 20.8. The summed E-state index contributed by atoms with van der Waals surface area (Å²) in [7, 11) is 0. The molecule has 1 saturated heterocycles. The number of hydrogen-bond acceptors (Lipinski definition) is 3. The van der Waals surface area contributed by atoms with Crippen molar-refractivity contribution in [1.29, 1.82) is 0 Å². The number of likely N-dealkylation sites (tertiary alicyclic amines) is 1. The van der Waals surface area contributed by atoms with Gasteiger partial charge in [-0.1, -0.05) is 54.1 Å². The van der Waals surface area contributed by atoms with Crippen molar-refractivity contribution in [2.75, 3.05) is 25.0 Å². The molecule has 0 atom stereocenters. The van der Waals surface area contributed by atoms with Gasteiger partial charge in [-0.3, -0.25) is 14.8 Å². The van der Waals surface area contributed by atoms with Crippen LogP contribution in [0.2, 0.25) is 0 Å². The van der Waals surface area contributed by atoms with Gasteiger partial charge >= 0.3 is 0 Å². The second kappa shape index (κ2) is 9.74. The van der Waals surface area contributed by atoms with Crippen LogP contribution in [0, 0.1) is 5.92 Å². The summed E-state index contributed by atoms with van der Waals surface area (Å²) in [5, 5.41) is 10.8. The highest BCUT2D eigenvalue weighted by atomic mass is 35.5. The summed E-state index contributed by atoms with van der Waals surface area (Å²) in [4.78, 5) is 15.1. The van der Waals surface area contributed by atoms with Gasteiger partial charge in [-0.25, -0.2) is 0 Å². The molecule has 0 radical (unpaired) electrons. The van der Waals surface area contributed by atoms with Crippen LogP contribution in [0.4, 0.5) is 5.69 Å². The average molecular weight is 421 g/mol. The van der Waals surface area contributed by atoms with E-state index in [0.717, 1.165) is 60.0 Å². The molecule has 0 aliphatic carbocycles. The summed E-state index contributed by atoms with van der Waals surface area (Å²) in [5.74, 6) is 0.108. The number of halogens is 1. The summed E-state index contributed by atoms with van der Waals surface area (Å²) in [6, 6.07) is 19.8. The summed E-state index contributed by atoms with van der Waals surface area (Å²) >= 11 is 6.45. The number of nitrogens with one attached hydrogen (secondary N) is 2. The van der Waals surface area contributed by atoms with Crippen molar-refractivity contribution in [2.45, 2.75) is 12.8 Å². The first-order valence-electron chi connectivity index (χ1n) is 10.2. The van der Waals surface area contributed by atoms with E-state index >= 15 is 0 Å². The smallest absolute Gasteiger partial charge is 0.227 e. The van der Waals surface area contributed by atoms with Crippen LogP contribution in [0.15, 0.2) is 71.9 Å². The zero-order valence-corrected chi connectivity index (χ0v) is 17.5. The number of nitrogens with zero attached hydrogens (tertiary/aromatic N) is 2. The standard InChI is InChI=1S/C24H25ClN4O/c25-21(15-18-5-2-1-3-6-18)17-29-13-10-19(11-14-29)24(30)27-22-8-4-7-20(16-22)23-9-12-26-28-23/h1-9,12,15-16,19H,10-11,13-14,17H2,(H,26,28)(H,27,30)/b21-15-. The fraction of sp³-hybridized carbons (Fsp3) is 0.250. The molecule has 2 heterocycles. The third kappa shape index (κ3) is 5.38. The van der Waals surface area contributed by atoms with E-state index in [9.17, 15) is 4.79 Å². The Bertz CT molecular complexity index is 993. The van der Waals surface area contributed by atoms with Gasteiger partial charge in [-0.2, -0.15) is 5.10 Å². The Morgan fingerprint density at radius 1 is 1.13 bits per heavy atom. The predicted octanol–water partition coefficient (Wildman–Crippen LogP) is 5.01. The molecule has 1 amide bonds. The Balaban J connectivity index is 1.28. The van der Waals surface area contributed by atoms with Gasteiger partial charge in [0.2, 0.25) is 5.91 Å². The summed E-state index contributed by atoms with van der Waals surface area (Å²) in [5.41, 5.74) is 3.84. The topological polar surface area (TPSA) is 61.0 Å². The van der Waals surface area contributed by atoms with Gasteiger partial charge < -0.3 is 5.32 Å². The number of carbonyl (C=O) groups is 1. The maximum atomic E-state index is 12.7. The highest BCUT2D eigenvalue weighted by molar-refractivity contribution is 6.31. The van der Waals surface area contributed by atoms with Crippen molar-refractivity contribution in [3.05, 3.63) is 77.5 Å². The zero-order valence-electron chi connectivity index (χ0n) is 16.7. The lowest BCUT2D eigenvalue weighted by Crippen LogP contribution is -2.38. The Kier molecular flexibility index (Phi) is 6.62. The van der Waals surface area contributed by atoms with Gasteiger partial charge in [0.1, 0.15) is 0 Å². The summed E-state index contributed by atoms with van der Waals surface area (Å²) < 4.78 is 0. The molecule has 1 aromatic heterocycles. The van der Waals surface area contributed by atoms with Crippen LogP contribution in [-0.4, -0.2) is 40.6 Å². The highest BCUT2D eigenvalue weighted by Crippen LogP contribution is 2.24. The highest BCUT2D eigenvalue weighted by Gasteiger charge is 2.25. The number of amides is 1. The van der Waals surface area contributed by atoms with Crippen molar-refractivity contribution >= 4 is 29.3 Å². The first-order chi connectivity index (χ1) is 14.7. The lowest BCUT2D eigenvalue weighted by Gasteiger charge is -2.31. The van der Waals surface area contributed by atoms with Crippen molar-refractivity contribution in [2.24, 2.45) is 5.92 Å². The maximum Gasteiger partial charge on any atom is 0.227 e. The number of rotatable bonds is 6. The van der Waals surface area contributed by atoms with Gasteiger partial charge in [0, 0.05) is 34.9 Å². The molecular weight excluding hydrogens is 396 g/mol. The molecule has 6 heteroatoms. The predicted molar refractivity (Wildman–Crippen MR) is 122 cm³/mol. The van der Waals surface area contributed by atoms with Crippen molar-refractivity contribution < 1.29 is 4.79 Å². The van der Waals surface area contributed by atoms with Gasteiger partial charge in [-0.15, -0.1) is 0 Å². The van der Waals surface area contributed by atoms with E-state index < -0.39 is 0 Å². The number of hydrogen-bond donors (Lipinski definition) is 2. The third-order valence-corrected chi connectivity index (χ3v) is 5.63. The lowest BCUT2D eigenvalue weighted by molar-refractivity contribution is -0.121. The molecule has 1 aliphatic rings. The number of aromatic amines is 1. The number of benzene rings is 2. The van der Waals surface area contributed by atoms with Crippen LogP contribution < -0.4 is 5.32 Å². The lowest BCUT2D eigenvalue weighted by atomic mass is 9.95. The number of aromatic nitrogens is 2. The molecule has 0 unspecified atom stereocenters. The quantitative estimate of drug-likeness (QED) is 0.589. The van der Waals surface area contributed by atoms with Gasteiger partial charge in [0.15, 0.2) is 0 Å². The molecule has 3 aromatic rings. The minimum Gasteiger partial charge on any atom is -0.326 e. The number of carbonyl (C=O) groups excluding carboxylic acids is 1. The van der Waals surface area contributed by atoms with Crippen molar-refractivity contribution in [3.8, 4) is 11.3 Å². The maximum absolute atomic E-state index is 12.7. The SMILES string of the molecule is O=C(Nc1cccc(-c2ccn[nH]2)c1)C1CCN(C/C(Cl)=C/c2ccccc2)CC1. The first-order valence-corrected chi connectivity index (χ1v) is 10.6. The molecule has 1 fully saturated rings. The Labute approximate surface area is 181 Å². The second-order valence-corrected chi connectivity index (χ2v) is 8.08. The number of H-pyrrole nitrogens is 1. The van der Waals surface area contributed by atoms with E-state index in [1.165, 1.54) is 0 Å². The molecule has 2 N–H and O–H groups in total. The van der Waals surface area contributed by atoms with Crippen LogP contribution in [0.5, 0.6) is 0 Å². The molecule has 4 rings (SSSR count). The Hall–Kier alpha value is -2.89. The van der Waals surface area contributed by atoms with Gasteiger partial charge in [-0.05, 0) is 55.8 Å². The van der Waals surface area contributed by atoms with Crippen molar-refractivity contribution in [1.82, 2.24) is 15.1 Å². The summed E-state index contributed by atoms with van der Waals surface area (Å²) in [6.45, 7) is 2.45. The number of anilines is 1. The van der Waals surface area contributed by atoms with Crippen LogP contribution >= 0.6 is 11.6 Å². The average Bonchev–Trinajstić information content (AvgIpc) is 3.30. The molecule has 30 heavy (non-hydrogen) atoms. The fourth-order valence-electron chi connectivity index (χ4n) is 3.77.